The minimum absolute atomic E-state index is 0.0353. The van der Waals surface area contributed by atoms with Crippen molar-refractivity contribution >= 4 is 11.8 Å². The first-order valence-corrected chi connectivity index (χ1v) is 6.04. The van der Waals surface area contributed by atoms with Crippen molar-refractivity contribution in [2.24, 2.45) is 5.92 Å². The Morgan fingerprint density at radius 1 is 1.33 bits per heavy atom. The van der Waals surface area contributed by atoms with Crippen molar-refractivity contribution in [1.82, 2.24) is 0 Å². The van der Waals surface area contributed by atoms with E-state index in [1.807, 2.05) is 30.3 Å². The third-order valence-corrected chi connectivity index (χ3v) is 3.14. The molecule has 1 aliphatic rings. The Bertz CT molecular complexity index is 430. The van der Waals surface area contributed by atoms with Gasteiger partial charge in [0.25, 0.3) is 0 Å². The summed E-state index contributed by atoms with van der Waals surface area (Å²) in [5.74, 6) is -1.29. The number of carbonyl (C=O) groups is 2. The van der Waals surface area contributed by atoms with Crippen LogP contribution in [0.5, 0.6) is 0 Å². The van der Waals surface area contributed by atoms with Gasteiger partial charge in [-0.2, -0.15) is 0 Å². The van der Waals surface area contributed by atoms with Gasteiger partial charge in [0.1, 0.15) is 6.61 Å². The monoisotopic (exact) mass is 250 g/mol. The quantitative estimate of drug-likeness (QED) is 0.774. The molecule has 0 N–H and O–H groups in total. The van der Waals surface area contributed by atoms with Gasteiger partial charge in [-0.15, -0.1) is 0 Å². The maximum Gasteiger partial charge on any atom is 0.309 e. The molecule has 1 aliphatic carbocycles. The Morgan fingerprint density at radius 3 is 2.72 bits per heavy atom. The van der Waals surface area contributed by atoms with Gasteiger partial charge in [0.05, 0.1) is 5.92 Å². The van der Waals surface area contributed by atoms with E-state index >= 15 is 0 Å². The molecule has 1 aromatic carbocycles. The summed E-state index contributed by atoms with van der Waals surface area (Å²) >= 11 is 0. The fraction of sp³-hybridized carbons (Fsp3) is 0.429. The van der Waals surface area contributed by atoms with Crippen LogP contribution < -0.4 is 0 Å². The van der Waals surface area contributed by atoms with Gasteiger partial charge in [-0.05, 0) is 18.4 Å². The first-order valence-electron chi connectivity index (χ1n) is 6.04. The summed E-state index contributed by atoms with van der Waals surface area (Å²) in [5, 5.41) is 0. The van der Waals surface area contributed by atoms with Gasteiger partial charge in [-0.1, -0.05) is 30.3 Å². The van der Waals surface area contributed by atoms with Crippen molar-refractivity contribution in [3.05, 3.63) is 35.9 Å². The van der Waals surface area contributed by atoms with Crippen LogP contribution in [0.15, 0.2) is 30.3 Å². The molecular weight excluding hydrogens is 235 g/mol. The van der Waals surface area contributed by atoms with Crippen molar-refractivity contribution in [3.63, 3.8) is 0 Å². The van der Waals surface area contributed by atoms with E-state index in [-0.39, 0.29) is 19.4 Å². The van der Waals surface area contributed by atoms with E-state index in [1.54, 1.807) is 0 Å². The summed E-state index contributed by atoms with van der Waals surface area (Å²) in [4.78, 5) is 22.7. The maximum absolute atomic E-state index is 13.2. The molecule has 0 heterocycles. The van der Waals surface area contributed by atoms with Gasteiger partial charge >= 0.3 is 5.97 Å². The lowest BCUT2D eigenvalue weighted by molar-refractivity contribution is -0.152. The molecule has 96 valence electrons. The van der Waals surface area contributed by atoms with Gasteiger partial charge in [-0.25, -0.2) is 4.39 Å². The molecule has 0 spiro atoms. The van der Waals surface area contributed by atoms with Gasteiger partial charge in [-0.3, -0.25) is 9.59 Å². The third kappa shape index (κ3) is 3.15. The fourth-order valence-electron chi connectivity index (χ4n) is 2.03. The van der Waals surface area contributed by atoms with Crippen molar-refractivity contribution in [2.45, 2.75) is 32.0 Å². The molecule has 1 fully saturated rings. The van der Waals surface area contributed by atoms with Gasteiger partial charge in [0.2, 0.25) is 0 Å². The average molecular weight is 250 g/mol. The molecule has 0 aromatic heterocycles. The molecule has 1 saturated carbocycles. The molecule has 0 unspecified atom stereocenters. The zero-order valence-corrected chi connectivity index (χ0v) is 9.97. The molecule has 0 radical (unpaired) electrons. The van der Waals surface area contributed by atoms with Crippen molar-refractivity contribution in [2.75, 3.05) is 0 Å². The number of benzene rings is 1. The molecule has 2 rings (SSSR count). The number of rotatable bonds is 3. The molecule has 3 nitrogen and oxygen atoms in total. The van der Waals surface area contributed by atoms with E-state index in [2.05, 4.69) is 0 Å². The molecule has 0 saturated heterocycles. The van der Waals surface area contributed by atoms with Crippen molar-refractivity contribution in [3.8, 4) is 0 Å². The zero-order chi connectivity index (χ0) is 13.0. The lowest BCUT2D eigenvalue weighted by atomic mass is 9.87. The predicted octanol–water partition coefficient (Wildman–Crippen LogP) is 2.44. The number of carbonyl (C=O) groups excluding carboxylic acids is 2. The normalized spacial score (nSPS) is 23.7. The summed E-state index contributed by atoms with van der Waals surface area (Å²) in [6.45, 7) is 0.196. The second-order valence-electron chi connectivity index (χ2n) is 4.50. The minimum Gasteiger partial charge on any atom is -0.461 e. The van der Waals surface area contributed by atoms with Gasteiger partial charge in [0.15, 0.2) is 12.0 Å². The van der Waals surface area contributed by atoms with Crippen LogP contribution in [0.25, 0.3) is 0 Å². The number of halogens is 1. The highest BCUT2D eigenvalue weighted by atomic mass is 19.1. The molecule has 1 aromatic rings. The first kappa shape index (κ1) is 12.7. The average Bonchev–Trinajstić information content (AvgIpc) is 2.40. The number of hydrogen-bond donors (Lipinski definition) is 0. The van der Waals surface area contributed by atoms with E-state index in [4.69, 9.17) is 4.74 Å². The number of ketones is 1. The van der Waals surface area contributed by atoms with Crippen LogP contribution in [-0.4, -0.2) is 17.9 Å². The Kier molecular flexibility index (Phi) is 4.07. The van der Waals surface area contributed by atoms with Crippen LogP contribution in [0.4, 0.5) is 4.39 Å². The van der Waals surface area contributed by atoms with Gasteiger partial charge < -0.3 is 4.74 Å². The second-order valence-corrected chi connectivity index (χ2v) is 4.50. The van der Waals surface area contributed by atoms with Crippen molar-refractivity contribution < 1.29 is 18.7 Å². The topological polar surface area (TPSA) is 43.4 Å². The predicted molar refractivity (Wildman–Crippen MR) is 63.5 cm³/mol. The van der Waals surface area contributed by atoms with Crippen LogP contribution in [0.2, 0.25) is 0 Å². The largest absolute Gasteiger partial charge is 0.461 e. The van der Waals surface area contributed by atoms with E-state index in [9.17, 15) is 14.0 Å². The molecule has 2 atom stereocenters. The lowest BCUT2D eigenvalue weighted by Crippen LogP contribution is -2.31. The zero-order valence-electron chi connectivity index (χ0n) is 9.97. The summed E-state index contributed by atoms with van der Waals surface area (Å²) in [6.07, 6.45) is -1.01. The summed E-state index contributed by atoms with van der Waals surface area (Å²) in [5.41, 5.74) is 0.898. The number of hydrogen-bond acceptors (Lipinski definition) is 3. The Morgan fingerprint density at radius 2 is 2.06 bits per heavy atom. The van der Waals surface area contributed by atoms with E-state index in [1.165, 1.54) is 0 Å². The SMILES string of the molecule is O=C(OCc1ccccc1)[C@@H]1CCC(=O)[C@H](F)C1. The fourth-order valence-corrected chi connectivity index (χ4v) is 2.03. The Hall–Kier alpha value is -1.71. The number of esters is 1. The standard InChI is InChI=1S/C14H15FO3/c15-12-8-11(6-7-13(12)16)14(17)18-9-10-4-2-1-3-5-10/h1-5,11-12H,6-9H2/t11-,12-/m1/s1. The Labute approximate surface area is 105 Å². The van der Waals surface area contributed by atoms with Crippen LogP contribution in [-0.2, 0) is 20.9 Å². The molecule has 0 aliphatic heterocycles. The number of ether oxygens (including phenoxy) is 1. The van der Waals surface area contributed by atoms with Crippen LogP contribution in [0, 0.1) is 5.92 Å². The number of Topliss-reactive ketones (excluding diaryl/α,β-unsaturated/α-hetero) is 1. The van der Waals surface area contributed by atoms with Crippen LogP contribution in [0.3, 0.4) is 0 Å². The molecule has 4 heteroatoms. The summed E-state index contributed by atoms with van der Waals surface area (Å²) in [6, 6.07) is 9.32. The maximum atomic E-state index is 13.2. The second kappa shape index (κ2) is 5.76. The highest BCUT2D eigenvalue weighted by Gasteiger charge is 2.33. The number of alkyl halides is 1. The summed E-state index contributed by atoms with van der Waals surface area (Å²) < 4.78 is 18.3. The third-order valence-electron chi connectivity index (χ3n) is 3.14. The smallest absolute Gasteiger partial charge is 0.309 e. The highest BCUT2D eigenvalue weighted by molar-refractivity contribution is 5.86. The molecule has 0 amide bonds. The molecule has 0 bridgehead atoms. The lowest BCUT2D eigenvalue weighted by Gasteiger charge is -2.22. The van der Waals surface area contributed by atoms with E-state index in [0.717, 1.165) is 5.56 Å². The van der Waals surface area contributed by atoms with E-state index in [0.29, 0.717) is 6.42 Å². The highest BCUT2D eigenvalue weighted by Crippen LogP contribution is 2.25. The summed E-state index contributed by atoms with van der Waals surface area (Å²) in [7, 11) is 0. The van der Waals surface area contributed by atoms with Gasteiger partial charge in [0, 0.05) is 6.42 Å². The first-order chi connectivity index (χ1) is 8.66. The van der Waals surface area contributed by atoms with Crippen molar-refractivity contribution in [1.29, 1.82) is 0 Å². The van der Waals surface area contributed by atoms with E-state index < -0.39 is 23.8 Å². The minimum atomic E-state index is -1.51. The van der Waals surface area contributed by atoms with Crippen LogP contribution >= 0.6 is 0 Å². The molecular formula is C14H15FO3. The Balaban J connectivity index is 1.83. The molecule has 18 heavy (non-hydrogen) atoms. The van der Waals surface area contributed by atoms with Crippen LogP contribution in [0.1, 0.15) is 24.8 Å².